The standard InChI is InChI=1S/C55H110N2O5/c1-8-13-18-29-39-50(37-16-11-4)48-61-54(59)44-34-27-23-21-25-31-41-52(57(47-36-46-56(6)7)53(58)43-33-20-15-10-3)42-32-26-22-24-28-35-45-55(60)62-49-51(38-17-12-5)40-30-19-14-9-2/h50-52,54,59H,8-49H2,1-7H3. The molecule has 62 heavy (non-hydrogen) atoms. The molecule has 4 unspecified atom stereocenters. The molecule has 1 amide bonds. The van der Waals surface area contributed by atoms with E-state index in [0.29, 0.717) is 49.8 Å². The fourth-order valence-electron chi connectivity index (χ4n) is 9.07. The number of nitrogens with zero attached hydrogens (tertiary/aromatic N) is 2. The van der Waals surface area contributed by atoms with Gasteiger partial charge in [0.05, 0.1) is 13.2 Å². The van der Waals surface area contributed by atoms with Gasteiger partial charge in [0.25, 0.3) is 0 Å². The maximum absolute atomic E-state index is 13.8. The Hall–Kier alpha value is -1.18. The van der Waals surface area contributed by atoms with Crippen LogP contribution in [0.3, 0.4) is 0 Å². The van der Waals surface area contributed by atoms with Crippen molar-refractivity contribution in [2.45, 2.75) is 291 Å². The van der Waals surface area contributed by atoms with E-state index in [1.165, 1.54) is 167 Å². The fraction of sp³-hybridized carbons (Fsp3) is 0.964. The van der Waals surface area contributed by atoms with Crippen LogP contribution in [0.4, 0.5) is 0 Å². The first kappa shape index (κ1) is 60.8. The summed E-state index contributed by atoms with van der Waals surface area (Å²) in [6, 6.07) is 0.332. The van der Waals surface area contributed by atoms with Gasteiger partial charge in [-0.25, -0.2) is 0 Å². The van der Waals surface area contributed by atoms with Crippen molar-refractivity contribution in [2.75, 3.05) is 40.4 Å². The van der Waals surface area contributed by atoms with Crippen LogP contribution in [0.1, 0.15) is 279 Å². The van der Waals surface area contributed by atoms with Crippen molar-refractivity contribution in [1.29, 1.82) is 0 Å². The zero-order valence-corrected chi connectivity index (χ0v) is 43.0. The van der Waals surface area contributed by atoms with E-state index >= 15 is 0 Å². The van der Waals surface area contributed by atoms with Crippen molar-refractivity contribution in [3.05, 3.63) is 0 Å². The molecule has 0 rings (SSSR count). The maximum Gasteiger partial charge on any atom is 0.305 e. The van der Waals surface area contributed by atoms with Gasteiger partial charge in [-0.05, 0) is 103 Å². The summed E-state index contributed by atoms with van der Waals surface area (Å²) in [5, 5.41) is 10.6. The van der Waals surface area contributed by atoms with E-state index in [9.17, 15) is 14.7 Å². The van der Waals surface area contributed by atoms with Gasteiger partial charge in [0.15, 0.2) is 6.29 Å². The van der Waals surface area contributed by atoms with Gasteiger partial charge in [-0.2, -0.15) is 0 Å². The van der Waals surface area contributed by atoms with Crippen LogP contribution in [0.15, 0.2) is 0 Å². The third-order valence-electron chi connectivity index (χ3n) is 13.3. The zero-order chi connectivity index (χ0) is 45.7. The minimum absolute atomic E-state index is 0.00474. The number of aliphatic hydroxyl groups excluding tert-OH is 1. The highest BCUT2D eigenvalue weighted by Gasteiger charge is 2.23. The second-order valence-corrected chi connectivity index (χ2v) is 19.8. The van der Waals surface area contributed by atoms with Crippen molar-refractivity contribution >= 4 is 11.9 Å². The molecule has 0 heterocycles. The number of aliphatic hydroxyl groups is 1. The van der Waals surface area contributed by atoms with E-state index in [1.54, 1.807) is 0 Å². The Balaban J connectivity index is 4.86. The molecular formula is C55H110N2O5. The first-order valence-corrected chi connectivity index (χ1v) is 27.6. The van der Waals surface area contributed by atoms with Crippen LogP contribution in [-0.2, 0) is 19.1 Å². The fourth-order valence-corrected chi connectivity index (χ4v) is 9.07. The lowest BCUT2D eigenvalue weighted by atomic mass is 9.96. The number of esters is 1. The van der Waals surface area contributed by atoms with Crippen LogP contribution in [0.5, 0.6) is 0 Å². The number of amides is 1. The summed E-state index contributed by atoms with van der Waals surface area (Å²) in [5.41, 5.74) is 0. The predicted molar refractivity (Wildman–Crippen MR) is 268 cm³/mol. The highest BCUT2D eigenvalue weighted by molar-refractivity contribution is 5.76. The Labute approximate surface area is 387 Å². The Bertz CT molecular complexity index is 947. The van der Waals surface area contributed by atoms with Gasteiger partial charge in [-0.1, -0.05) is 195 Å². The molecule has 0 aliphatic heterocycles. The lowest BCUT2D eigenvalue weighted by Crippen LogP contribution is -2.41. The molecule has 0 aromatic heterocycles. The van der Waals surface area contributed by atoms with Crippen molar-refractivity contribution in [3.8, 4) is 0 Å². The van der Waals surface area contributed by atoms with E-state index in [0.717, 1.165) is 77.3 Å². The average molecular weight is 879 g/mol. The second kappa shape index (κ2) is 46.4. The Morgan fingerprint density at radius 3 is 1.35 bits per heavy atom. The first-order chi connectivity index (χ1) is 30.2. The van der Waals surface area contributed by atoms with E-state index in [4.69, 9.17) is 9.47 Å². The summed E-state index contributed by atoms with van der Waals surface area (Å²) in [5.74, 6) is 1.48. The van der Waals surface area contributed by atoms with Crippen LogP contribution >= 0.6 is 0 Å². The SMILES string of the molecule is CCCCCCC(=O)N(CCCN(C)C)C(CCCCCCCCC(=O)OCC(CCCC)CCCCCC)CCCCCCCCC(O)OCC(CCCC)CCCCCC. The Morgan fingerprint density at radius 2 is 0.839 bits per heavy atom. The largest absolute Gasteiger partial charge is 0.465 e. The molecular weight excluding hydrogens is 769 g/mol. The molecule has 0 aliphatic rings. The maximum atomic E-state index is 13.8. The minimum Gasteiger partial charge on any atom is -0.465 e. The molecule has 0 aliphatic carbocycles. The van der Waals surface area contributed by atoms with Gasteiger partial charge >= 0.3 is 5.97 Å². The van der Waals surface area contributed by atoms with Gasteiger partial charge in [-0.15, -0.1) is 0 Å². The molecule has 0 fully saturated rings. The molecule has 4 atom stereocenters. The highest BCUT2D eigenvalue weighted by atomic mass is 16.6. The van der Waals surface area contributed by atoms with Crippen LogP contribution in [0, 0.1) is 11.8 Å². The molecule has 0 aromatic carbocycles. The minimum atomic E-state index is -0.625. The summed E-state index contributed by atoms with van der Waals surface area (Å²) < 4.78 is 11.7. The zero-order valence-electron chi connectivity index (χ0n) is 43.0. The van der Waals surface area contributed by atoms with Crippen LogP contribution in [0.25, 0.3) is 0 Å². The van der Waals surface area contributed by atoms with Crippen LogP contribution in [0.2, 0.25) is 0 Å². The van der Waals surface area contributed by atoms with Crippen molar-refractivity contribution in [2.24, 2.45) is 11.8 Å². The van der Waals surface area contributed by atoms with E-state index in [2.05, 4.69) is 58.5 Å². The molecule has 0 spiro atoms. The summed E-state index contributed by atoms with van der Waals surface area (Å²) in [6.45, 7) is 14.5. The van der Waals surface area contributed by atoms with Gasteiger partial charge in [0.1, 0.15) is 0 Å². The molecule has 370 valence electrons. The predicted octanol–water partition coefficient (Wildman–Crippen LogP) is 15.8. The van der Waals surface area contributed by atoms with Crippen molar-refractivity contribution in [3.63, 3.8) is 0 Å². The van der Waals surface area contributed by atoms with Gasteiger partial charge in [-0.3, -0.25) is 9.59 Å². The first-order valence-electron chi connectivity index (χ1n) is 27.6. The van der Waals surface area contributed by atoms with Gasteiger partial charge < -0.3 is 24.4 Å². The molecule has 7 nitrogen and oxygen atoms in total. The Kier molecular flexibility index (Phi) is 45.5. The highest BCUT2D eigenvalue weighted by Crippen LogP contribution is 2.23. The normalized spacial score (nSPS) is 13.7. The van der Waals surface area contributed by atoms with Gasteiger partial charge in [0, 0.05) is 25.4 Å². The van der Waals surface area contributed by atoms with E-state index in [-0.39, 0.29) is 5.97 Å². The smallest absolute Gasteiger partial charge is 0.305 e. The lowest BCUT2D eigenvalue weighted by molar-refractivity contribution is -0.145. The molecule has 0 radical (unpaired) electrons. The number of rotatable bonds is 49. The van der Waals surface area contributed by atoms with Crippen molar-refractivity contribution < 1.29 is 24.2 Å². The number of hydrogen-bond acceptors (Lipinski definition) is 6. The topological polar surface area (TPSA) is 79.3 Å². The molecule has 7 heteroatoms. The molecule has 0 saturated heterocycles. The number of unbranched alkanes of at least 4 members (excludes halogenated alkanes) is 21. The third-order valence-corrected chi connectivity index (χ3v) is 13.3. The Morgan fingerprint density at radius 1 is 0.435 bits per heavy atom. The number of carbonyl (C=O) groups is 2. The average Bonchev–Trinajstić information content (AvgIpc) is 3.26. The quantitative estimate of drug-likeness (QED) is 0.0373. The summed E-state index contributed by atoms with van der Waals surface area (Å²) >= 11 is 0. The van der Waals surface area contributed by atoms with Crippen molar-refractivity contribution in [1.82, 2.24) is 9.80 Å². The van der Waals surface area contributed by atoms with Gasteiger partial charge in [0.2, 0.25) is 5.91 Å². The monoisotopic (exact) mass is 879 g/mol. The number of carbonyl (C=O) groups excluding carboxylic acids is 2. The lowest BCUT2D eigenvalue weighted by Gasteiger charge is -2.33. The second-order valence-electron chi connectivity index (χ2n) is 19.8. The van der Waals surface area contributed by atoms with E-state index in [1.807, 2.05) is 0 Å². The number of ether oxygens (including phenoxy) is 2. The third kappa shape index (κ3) is 39.2. The summed E-state index contributed by atoms with van der Waals surface area (Å²) in [7, 11) is 4.26. The summed E-state index contributed by atoms with van der Waals surface area (Å²) in [4.78, 5) is 30.9. The van der Waals surface area contributed by atoms with E-state index < -0.39 is 6.29 Å². The number of hydrogen-bond donors (Lipinski definition) is 1. The van der Waals surface area contributed by atoms with Crippen LogP contribution in [-0.4, -0.2) is 79.5 Å². The molecule has 0 saturated carbocycles. The summed E-state index contributed by atoms with van der Waals surface area (Å²) in [6.07, 6.45) is 42.9. The molecule has 0 bridgehead atoms. The molecule has 1 N–H and O–H groups in total. The van der Waals surface area contributed by atoms with Crippen LogP contribution < -0.4 is 0 Å². The molecule has 0 aromatic rings.